The third-order valence-corrected chi connectivity index (χ3v) is 3.63. The van der Waals surface area contributed by atoms with Gasteiger partial charge in [0, 0.05) is 0 Å². The number of imide groups is 1. The van der Waals surface area contributed by atoms with Crippen LogP contribution in [0.5, 0.6) is 5.75 Å². The molecule has 2 aromatic rings. The van der Waals surface area contributed by atoms with E-state index in [0.29, 0.717) is 11.4 Å². The fraction of sp³-hybridized carbons (Fsp3) is 0.118. The van der Waals surface area contributed by atoms with Gasteiger partial charge in [-0.05, 0) is 24.3 Å². The number of ether oxygens (including phenoxy) is 1. The number of hydrogen-bond acceptors (Lipinski definition) is 4. The molecule has 7 heteroatoms. The molecule has 6 nitrogen and oxygen atoms in total. The lowest BCUT2D eigenvalue weighted by Crippen LogP contribution is -2.37. The van der Waals surface area contributed by atoms with Gasteiger partial charge in [-0.25, -0.2) is 4.39 Å². The predicted molar refractivity (Wildman–Crippen MR) is 83.4 cm³/mol. The number of rotatable bonds is 4. The lowest BCUT2D eigenvalue weighted by Gasteiger charge is -2.14. The van der Waals surface area contributed by atoms with Crippen molar-refractivity contribution < 1.29 is 23.5 Å². The second-order valence-corrected chi connectivity index (χ2v) is 5.11. The van der Waals surface area contributed by atoms with Crippen LogP contribution in [0, 0.1) is 5.82 Å². The minimum atomic E-state index is -0.816. The lowest BCUT2D eigenvalue weighted by atomic mass is 10.1. The molecule has 3 rings (SSSR count). The maximum Gasteiger partial charge on any atom is 0.265 e. The molecule has 122 valence electrons. The number of carbonyl (C=O) groups excluding carboxylic acids is 3. The van der Waals surface area contributed by atoms with Crippen LogP contribution in [0.25, 0.3) is 0 Å². The number of benzene rings is 2. The summed E-state index contributed by atoms with van der Waals surface area (Å²) in [5.41, 5.74) is 0.0745. The summed E-state index contributed by atoms with van der Waals surface area (Å²) in [6, 6.07) is 10.5. The number of para-hydroxylation sites is 2. The van der Waals surface area contributed by atoms with Crippen LogP contribution < -0.4 is 10.1 Å². The Labute approximate surface area is 136 Å². The molecule has 0 aromatic heterocycles. The van der Waals surface area contributed by atoms with Gasteiger partial charge in [0.05, 0.1) is 23.9 Å². The highest BCUT2D eigenvalue weighted by Crippen LogP contribution is 2.26. The van der Waals surface area contributed by atoms with Crippen LogP contribution in [0.3, 0.4) is 0 Å². The Bertz CT molecular complexity index is 850. The van der Waals surface area contributed by atoms with Gasteiger partial charge in [0.1, 0.15) is 18.1 Å². The number of carbonyl (C=O) groups is 3. The summed E-state index contributed by atoms with van der Waals surface area (Å²) in [5, 5.41) is 2.57. The molecule has 1 aliphatic heterocycles. The molecular formula is C17H13FN2O4. The molecule has 24 heavy (non-hydrogen) atoms. The third-order valence-electron chi connectivity index (χ3n) is 3.63. The first kappa shape index (κ1) is 15.7. The number of amides is 3. The smallest absolute Gasteiger partial charge is 0.265 e. The number of nitrogens with one attached hydrogen (secondary N) is 1. The molecular weight excluding hydrogens is 315 g/mol. The van der Waals surface area contributed by atoms with E-state index in [2.05, 4.69) is 5.32 Å². The van der Waals surface area contributed by atoms with Crippen molar-refractivity contribution in [2.75, 3.05) is 19.0 Å². The Hall–Kier alpha value is -3.22. The van der Waals surface area contributed by atoms with Crippen molar-refractivity contribution in [1.82, 2.24) is 4.90 Å². The molecule has 0 fully saturated rings. The molecule has 0 saturated carbocycles. The topological polar surface area (TPSA) is 75.7 Å². The zero-order valence-corrected chi connectivity index (χ0v) is 12.7. The van der Waals surface area contributed by atoms with E-state index in [1.54, 1.807) is 24.3 Å². The van der Waals surface area contributed by atoms with Crippen LogP contribution in [0.4, 0.5) is 10.1 Å². The molecule has 1 heterocycles. The van der Waals surface area contributed by atoms with Crippen LogP contribution in [0.1, 0.15) is 20.7 Å². The standard InChI is InChI=1S/C17H13FN2O4/c1-24-13-8-3-2-7-12(13)19-14(21)9-20-16(22)10-5-4-6-11(18)15(10)17(20)23/h2-8H,9H2,1H3,(H,19,21). The normalized spacial score (nSPS) is 13.0. The van der Waals surface area contributed by atoms with Crippen LogP contribution in [-0.4, -0.2) is 36.3 Å². The van der Waals surface area contributed by atoms with E-state index in [-0.39, 0.29) is 11.1 Å². The van der Waals surface area contributed by atoms with Gasteiger partial charge >= 0.3 is 0 Å². The Kier molecular flexibility index (Phi) is 3.99. The summed E-state index contributed by atoms with van der Waals surface area (Å²) in [7, 11) is 1.46. The summed E-state index contributed by atoms with van der Waals surface area (Å²) in [6.45, 7) is -0.510. The predicted octanol–water partition coefficient (Wildman–Crippen LogP) is 2.07. The summed E-state index contributed by atoms with van der Waals surface area (Å²) in [6.07, 6.45) is 0. The van der Waals surface area contributed by atoms with Crippen molar-refractivity contribution >= 4 is 23.4 Å². The van der Waals surface area contributed by atoms with Crippen LogP contribution in [0.2, 0.25) is 0 Å². The van der Waals surface area contributed by atoms with E-state index in [1.807, 2.05) is 0 Å². The van der Waals surface area contributed by atoms with Crippen molar-refractivity contribution in [2.45, 2.75) is 0 Å². The van der Waals surface area contributed by atoms with Crippen molar-refractivity contribution in [3.8, 4) is 5.75 Å². The molecule has 3 amide bonds. The average molecular weight is 328 g/mol. The van der Waals surface area contributed by atoms with E-state index >= 15 is 0 Å². The number of anilines is 1. The Morgan fingerprint density at radius 1 is 1.12 bits per heavy atom. The molecule has 0 saturated heterocycles. The second kappa shape index (κ2) is 6.11. The van der Waals surface area contributed by atoms with Crippen LogP contribution in [-0.2, 0) is 4.79 Å². The Morgan fingerprint density at radius 2 is 1.88 bits per heavy atom. The number of nitrogens with zero attached hydrogens (tertiary/aromatic N) is 1. The average Bonchev–Trinajstić information content (AvgIpc) is 2.81. The molecule has 1 N–H and O–H groups in total. The van der Waals surface area contributed by atoms with Gasteiger partial charge in [0.25, 0.3) is 11.8 Å². The lowest BCUT2D eigenvalue weighted by molar-refractivity contribution is -0.116. The largest absolute Gasteiger partial charge is 0.495 e. The summed E-state index contributed by atoms with van der Waals surface area (Å²) in [5.74, 6) is -2.43. The van der Waals surface area contributed by atoms with Gasteiger partial charge < -0.3 is 10.1 Å². The van der Waals surface area contributed by atoms with E-state index in [4.69, 9.17) is 4.74 Å². The van der Waals surface area contributed by atoms with Gasteiger partial charge in [0.2, 0.25) is 5.91 Å². The van der Waals surface area contributed by atoms with Crippen LogP contribution in [0.15, 0.2) is 42.5 Å². The van der Waals surface area contributed by atoms with E-state index in [1.165, 1.54) is 19.2 Å². The first-order valence-electron chi connectivity index (χ1n) is 7.10. The maximum absolute atomic E-state index is 13.8. The molecule has 0 unspecified atom stereocenters. The third kappa shape index (κ3) is 2.60. The molecule has 2 aromatic carbocycles. The summed E-state index contributed by atoms with van der Waals surface area (Å²) in [4.78, 5) is 37.3. The Morgan fingerprint density at radius 3 is 2.58 bits per heavy atom. The van der Waals surface area contributed by atoms with E-state index < -0.39 is 30.1 Å². The second-order valence-electron chi connectivity index (χ2n) is 5.11. The van der Waals surface area contributed by atoms with Gasteiger partial charge in [-0.3, -0.25) is 19.3 Å². The fourth-order valence-electron chi connectivity index (χ4n) is 2.52. The number of halogens is 1. The van der Waals surface area contributed by atoms with E-state index in [9.17, 15) is 18.8 Å². The highest BCUT2D eigenvalue weighted by molar-refractivity contribution is 6.22. The van der Waals surface area contributed by atoms with Crippen molar-refractivity contribution in [3.63, 3.8) is 0 Å². The Balaban J connectivity index is 1.78. The van der Waals surface area contributed by atoms with E-state index in [0.717, 1.165) is 11.0 Å². The van der Waals surface area contributed by atoms with Crippen molar-refractivity contribution in [1.29, 1.82) is 0 Å². The summed E-state index contributed by atoms with van der Waals surface area (Å²) < 4.78 is 18.9. The first-order valence-corrected chi connectivity index (χ1v) is 7.10. The molecule has 0 atom stereocenters. The fourth-order valence-corrected chi connectivity index (χ4v) is 2.52. The minimum Gasteiger partial charge on any atom is -0.495 e. The molecule has 0 bridgehead atoms. The number of hydrogen-bond donors (Lipinski definition) is 1. The number of fused-ring (bicyclic) bond motifs is 1. The minimum absolute atomic E-state index is 0.0370. The van der Waals surface area contributed by atoms with Gasteiger partial charge in [0.15, 0.2) is 0 Å². The quantitative estimate of drug-likeness (QED) is 0.872. The highest BCUT2D eigenvalue weighted by atomic mass is 19.1. The summed E-state index contributed by atoms with van der Waals surface area (Å²) >= 11 is 0. The molecule has 0 aliphatic carbocycles. The van der Waals surface area contributed by atoms with Crippen molar-refractivity contribution in [3.05, 3.63) is 59.4 Å². The monoisotopic (exact) mass is 328 g/mol. The van der Waals surface area contributed by atoms with Gasteiger partial charge in [-0.15, -0.1) is 0 Å². The van der Waals surface area contributed by atoms with Gasteiger partial charge in [-0.2, -0.15) is 0 Å². The highest BCUT2D eigenvalue weighted by Gasteiger charge is 2.38. The SMILES string of the molecule is COc1ccccc1NC(=O)CN1C(=O)c2cccc(F)c2C1=O. The molecule has 0 radical (unpaired) electrons. The van der Waals surface area contributed by atoms with Crippen LogP contribution >= 0.6 is 0 Å². The van der Waals surface area contributed by atoms with Crippen molar-refractivity contribution in [2.24, 2.45) is 0 Å². The maximum atomic E-state index is 13.8. The first-order chi connectivity index (χ1) is 11.5. The number of methoxy groups -OCH3 is 1. The zero-order chi connectivity index (χ0) is 17.3. The molecule has 0 spiro atoms. The van der Waals surface area contributed by atoms with Gasteiger partial charge in [-0.1, -0.05) is 18.2 Å². The zero-order valence-electron chi connectivity index (χ0n) is 12.7. The molecule has 1 aliphatic rings.